The number of amides is 2. The van der Waals surface area contributed by atoms with Gasteiger partial charge < -0.3 is 26.0 Å². The van der Waals surface area contributed by atoms with E-state index in [1.54, 1.807) is 25.3 Å². The molecule has 10 heteroatoms. The van der Waals surface area contributed by atoms with E-state index in [0.29, 0.717) is 33.5 Å². The van der Waals surface area contributed by atoms with E-state index in [0.717, 1.165) is 12.0 Å². The van der Waals surface area contributed by atoms with Crippen LogP contribution in [0.15, 0.2) is 54.7 Å². The fourth-order valence-electron chi connectivity index (χ4n) is 4.71. The summed E-state index contributed by atoms with van der Waals surface area (Å²) in [5.74, 6) is -1.38. The maximum atomic E-state index is 13.6. The summed E-state index contributed by atoms with van der Waals surface area (Å²) < 4.78 is 19.5. The number of hydrogen-bond donors (Lipinski definition) is 4. The van der Waals surface area contributed by atoms with Gasteiger partial charge in [0.05, 0.1) is 12.2 Å². The summed E-state index contributed by atoms with van der Waals surface area (Å²) >= 11 is 0. The highest BCUT2D eigenvalue weighted by Gasteiger charge is 2.45. The van der Waals surface area contributed by atoms with Crippen LogP contribution < -0.4 is 15.8 Å². The van der Waals surface area contributed by atoms with Crippen molar-refractivity contribution in [3.63, 3.8) is 0 Å². The lowest BCUT2D eigenvalue weighted by molar-refractivity contribution is -0.123. The van der Waals surface area contributed by atoms with Gasteiger partial charge in [0.15, 0.2) is 0 Å². The first kappa shape index (κ1) is 27.0. The Morgan fingerprint density at radius 1 is 1.20 bits per heavy atom. The van der Waals surface area contributed by atoms with Crippen LogP contribution in [0.1, 0.15) is 48.0 Å². The van der Waals surface area contributed by atoms with Crippen molar-refractivity contribution in [3.05, 3.63) is 82.9 Å². The van der Waals surface area contributed by atoms with E-state index < -0.39 is 28.6 Å². The topological polar surface area (TPSA) is 148 Å². The summed E-state index contributed by atoms with van der Waals surface area (Å²) in [6.07, 6.45) is 2.42. The number of aliphatic hydroxyl groups is 1. The van der Waals surface area contributed by atoms with Gasteiger partial charge in [0, 0.05) is 28.3 Å². The number of phenolic OH excluding ortho intramolecular Hbond substituents is 1. The second kappa shape index (κ2) is 9.87. The molecule has 9 nitrogen and oxygen atoms in total. The Bertz CT molecular complexity index is 1650. The Morgan fingerprint density at radius 3 is 2.60 bits per heavy atom. The number of aromatic hydroxyl groups is 1. The predicted octanol–water partition coefficient (Wildman–Crippen LogP) is 3.48. The van der Waals surface area contributed by atoms with Crippen LogP contribution in [0.25, 0.3) is 22.2 Å². The second-order valence-electron chi connectivity index (χ2n) is 10.4. The van der Waals surface area contributed by atoms with Gasteiger partial charge in [-0.05, 0) is 74.4 Å². The number of halogens is 1. The largest absolute Gasteiger partial charge is 0.506 e. The maximum Gasteiger partial charge on any atom is 0.251 e. The Balaban J connectivity index is 1.48. The quantitative estimate of drug-likeness (QED) is 0.278. The smallest absolute Gasteiger partial charge is 0.251 e. The van der Waals surface area contributed by atoms with Crippen LogP contribution in [0.4, 0.5) is 4.39 Å². The molecule has 206 valence electrons. The number of carbonyl (C=O) groups is 2. The average molecular weight is 545 g/mol. The van der Waals surface area contributed by atoms with Crippen LogP contribution in [-0.2, 0) is 22.2 Å². The minimum Gasteiger partial charge on any atom is -0.506 e. The molecule has 0 bridgehead atoms. The number of fused-ring (bicyclic) bond motifs is 2. The van der Waals surface area contributed by atoms with Crippen LogP contribution >= 0.6 is 0 Å². The van der Waals surface area contributed by atoms with Crippen molar-refractivity contribution in [2.75, 3.05) is 13.2 Å². The van der Waals surface area contributed by atoms with E-state index >= 15 is 0 Å². The lowest BCUT2D eigenvalue weighted by atomic mass is 9.82. The number of hydrogen-bond acceptors (Lipinski definition) is 7. The van der Waals surface area contributed by atoms with Gasteiger partial charge in [0.1, 0.15) is 46.1 Å². The van der Waals surface area contributed by atoms with E-state index in [1.165, 1.54) is 37.3 Å². The minimum atomic E-state index is -1.70. The third-order valence-electron chi connectivity index (χ3n) is 7.37. The fraction of sp³-hybridized carbons (Fsp3) is 0.267. The van der Waals surface area contributed by atoms with Gasteiger partial charge in [0.25, 0.3) is 5.91 Å². The van der Waals surface area contributed by atoms with E-state index in [4.69, 9.17) is 10.5 Å². The number of nitrogens with zero attached hydrogens (tertiary/aromatic N) is 2. The predicted molar refractivity (Wildman–Crippen MR) is 146 cm³/mol. The van der Waals surface area contributed by atoms with E-state index in [1.807, 2.05) is 13.0 Å². The number of aryl methyl sites for hydroxylation is 1. The van der Waals surface area contributed by atoms with Gasteiger partial charge in [-0.25, -0.2) is 9.37 Å². The lowest BCUT2D eigenvalue weighted by Gasteiger charge is -2.26. The standard InChI is InChI=1S/C30H29FN4O5/c1-4-16-9-18-10-19(11-22(36)24(18)33-13-16)27(37)34-14-30(3,39)23-12-21-26(40-15-29(21,2)28(32)38)25(35-23)17-5-7-20(31)8-6-17/h5-13,36,39H,4,14-15H2,1-3H3,(H2,32,38)(H,34,37)/t29-,30-/m0/s1. The second-order valence-corrected chi connectivity index (χ2v) is 10.4. The third-order valence-corrected chi connectivity index (χ3v) is 7.37. The normalized spacial score (nSPS) is 17.6. The van der Waals surface area contributed by atoms with Crippen molar-refractivity contribution in [1.29, 1.82) is 0 Å². The number of nitrogens with one attached hydrogen (secondary N) is 1. The molecule has 2 amide bonds. The molecule has 0 spiro atoms. The fourth-order valence-corrected chi connectivity index (χ4v) is 4.71. The summed E-state index contributed by atoms with van der Waals surface area (Å²) in [6, 6.07) is 11.9. The monoisotopic (exact) mass is 544 g/mol. The number of pyridine rings is 2. The SMILES string of the molecule is CCc1cnc2c(O)cc(C(=O)NC[C@](C)(O)c3cc4c(c(-c5ccc(F)cc5)n3)OC[C@]4(C)C(N)=O)cc2c1. The molecule has 2 aromatic heterocycles. The Labute approximate surface area is 229 Å². The lowest BCUT2D eigenvalue weighted by Crippen LogP contribution is -2.41. The van der Waals surface area contributed by atoms with E-state index in [2.05, 4.69) is 15.3 Å². The molecule has 5 N–H and O–H groups in total. The van der Waals surface area contributed by atoms with Gasteiger partial charge in [-0.2, -0.15) is 0 Å². The zero-order valence-corrected chi connectivity index (χ0v) is 22.3. The highest BCUT2D eigenvalue weighted by molar-refractivity contribution is 6.00. The van der Waals surface area contributed by atoms with Gasteiger partial charge in [-0.15, -0.1) is 0 Å². The van der Waals surface area contributed by atoms with Crippen LogP contribution in [0.2, 0.25) is 0 Å². The Kier molecular flexibility index (Phi) is 6.67. The third kappa shape index (κ3) is 4.71. The molecule has 4 aromatic rings. The number of primary amides is 1. The molecule has 2 atom stereocenters. The molecule has 1 aliphatic heterocycles. The first-order valence-corrected chi connectivity index (χ1v) is 12.8. The maximum absolute atomic E-state index is 13.6. The summed E-state index contributed by atoms with van der Waals surface area (Å²) in [5.41, 5.74) is 5.78. The van der Waals surface area contributed by atoms with Crippen molar-refractivity contribution in [2.24, 2.45) is 5.73 Å². The number of benzene rings is 2. The number of aromatic nitrogens is 2. The van der Waals surface area contributed by atoms with Gasteiger partial charge in [-0.1, -0.05) is 6.92 Å². The molecule has 40 heavy (non-hydrogen) atoms. The zero-order valence-electron chi connectivity index (χ0n) is 22.3. The van der Waals surface area contributed by atoms with Gasteiger partial charge in [-0.3, -0.25) is 14.6 Å². The molecule has 2 aromatic carbocycles. The molecule has 5 rings (SSSR count). The Hall–Kier alpha value is -4.57. The average Bonchev–Trinajstić information content (AvgIpc) is 3.29. The number of carbonyl (C=O) groups excluding carboxylic acids is 2. The molecule has 0 radical (unpaired) electrons. The number of phenols is 1. The number of nitrogens with two attached hydrogens (primary N) is 1. The molecule has 0 saturated carbocycles. The van der Waals surface area contributed by atoms with Crippen LogP contribution in [-0.4, -0.2) is 45.1 Å². The molecular formula is C30H29FN4O5. The summed E-state index contributed by atoms with van der Waals surface area (Å²) in [4.78, 5) is 34.4. The first-order chi connectivity index (χ1) is 18.9. The summed E-state index contributed by atoms with van der Waals surface area (Å²) in [5, 5.41) is 25.2. The molecular weight excluding hydrogens is 515 g/mol. The Morgan fingerprint density at radius 2 is 1.93 bits per heavy atom. The first-order valence-electron chi connectivity index (χ1n) is 12.8. The molecule has 0 unspecified atom stereocenters. The molecule has 0 aliphatic carbocycles. The van der Waals surface area contributed by atoms with E-state index in [-0.39, 0.29) is 30.2 Å². The number of rotatable bonds is 7. The molecule has 1 aliphatic rings. The minimum absolute atomic E-state index is 0.0179. The summed E-state index contributed by atoms with van der Waals surface area (Å²) in [7, 11) is 0. The van der Waals surface area contributed by atoms with Crippen molar-refractivity contribution >= 4 is 22.7 Å². The van der Waals surface area contributed by atoms with Crippen molar-refractivity contribution in [1.82, 2.24) is 15.3 Å². The van der Waals surface area contributed by atoms with Crippen molar-refractivity contribution in [2.45, 2.75) is 38.2 Å². The van der Waals surface area contributed by atoms with Crippen molar-refractivity contribution in [3.8, 4) is 22.8 Å². The van der Waals surface area contributed by atoms with E-state index in [9.17, 15) is 24.2 Å². The highest BCUT2D eigenvalue weighted by Crippen LogP contribution is 2.45. The summed E-state index contributed by atoms with van der Waals surface area (Å²) in [6.45, 7) is 4.83. The number of ether oxygens (including phenoxy) is 1. The molecule has 3 heterocycles. The van der Waals surface area contributed by atoms with Gasteiger partial charge >= 0.3 is 0 Å². The molecule has 0 fully saturated rings. The van der Waals surface area contributed by atoms with Crippen molar-refractivity contribution < 1.29 is 28.9 Å². The molecule has 0 saturated heterocycles. The van der Waals surface area contributed by atoms with Crippen LogP contribution in [0, 0.1) is 5.82 Å². The van der Waals surface area contributed by atoms with Crippen LogP contribution in [0.5, 0.6) is 11.5 Å². The van der Waals surface area contributed by atoms with Gasteiger partial charge in [0.2, 0.25) is 5.91 Å². The highest BCUT2D eigenvalue weighted by atomic mass is 19.1. The van der Waals surface area contributed by atoms with Crippen LogP contribution in [0.3, 0.4) is 0 Å². The zero-order chi connectivity index (χ0) is 28.8.